The second-order valence-electron chi connectivity index (χ2n) is 8.55. The molecule has 3 heterocycles. The SMILES string of the molecule is O=C1NCc2nc(-c3c(F)cccc3Cl)nc(Cc3ccc(CC(=O)N4CC[C@@H](O)C4)cc3)c21. The van der Waals surface area contributed by atoms with Crippen molar-refractivity contribution in [3.8, 4) is 11.4 Å². The fourth-order valence-electron chi connectivity index (χ4n) is 4.38. The first-order chi connectivity index (χ1) is 16.4. The number of carbonyl (C=O) groups excluding carboxylic acids is 2. The number of halogens is 2. The van der Waals surface area contributed by atoms with Crippen LogP contribution in [0, 0.1) is 5.82 Å². The molecule has 1 atom stereocenters. The van der Waals surface area contributed by atoms with E-state index >= 15 is 0 Å². The van der Waals surface area contributed by atoms with Crippen LogP contribution in [-0.4, -0.2) is 51.0 Å². The van der Waals surface area contributed by atoms with Gasteiger partial charge in [-0.15, -0.1) is 0 Å². The number of nitrogens with zero attached hydrogens (tertiary/aromatic N) is 3. The topological polar surface area (TPSA) is 95.4 Å². The summed E-state index contributed by atoms with van der Waals surface area (Å²) in [6.07, 6.45) is 0.766. The van der Waals surface area contributed by atoms with Crippen LogP contribution in [0.25, 0.3) is 11.4 Å². The Morgan fingerprint density at radius 2 is 1.91 bits per heavy atom. The Hall–Kier alpha value is -3.36. The number of β-amino-alcohol motifs (C(OH)–C–C–N with tert-alkyl or cyclic N) is 1. The summed E-state index contributed by atoms with van der Waals surface area (Å²) in [5, 5.41) is 12.6. The fourth-order valence-corrected chi connectivity index (χ4v) is 4.62. The van der Waals surface area contributed by atoms with Gasteiger partial charge in [0.15, 0.2) is 5.82 Å². The number of hydrogen-bond donors (Lipinski definition) is 2. The first kappa shape index (κ1) is 22.4. The molecular weight excluding hydrogens is 459 g/mol. The molecule has 7 nitrogen and oxygen atoms in total. The molecule has 2 amide bonds. The molecule has 0 saturated carbocycles. The molecule has 9 heteroatoms. The van der Waals surface area contributed by atoms with Gasteiger partial charge in [0, 0.05) is 19.5 Å². The van der Waals surface area contributed by atoms with Crippen molar-refractivity contribution in [2.24, 2.45) is 0 Å². The minimum Gasteiger partial charge on any atom is -0.391 e. The maximum absolute atomic E-state index is 14.5. The van der Waals surface area contributed by atoms with Crippen LogP contribution >= 0.6 is 11.6 Å². The van der Waals surface area contributed by atoms with Crippen molar-refractivity contribution in [1.29, 1.82) is 0 Å². The number of nitrogens with one attached hydrogen (secondary N) is 1. The minimum atomic E-state index is -0.532. The molecule has 2 aliphatic heterocycles. The highest BCUT2D eigenvalue weighted by molar-refractivity contribution is 6.33. The van der Waals surface area contributed by atoms with Gasteiger partial charge in [-0.3, -0.25) is 9.59 Å². The Balaban J connectivity index is 1.40. The zero-order valence-electron chi connectivity index (χ0n) is 18.2. The van der Waals surface area contributed by atoms with E-state index in [2.05, 4.69) is 15.3 Å². The van der Waals surface area contributed by atoms with E-state index < -0.39 is 11.9 Å². The molecule has 1 aromatic heterocycles. The summed E-state index contributed by atoms with van der Waals surface area (Å²) in [4.78, 5) is 35.5. The van der Waals surface area contributed by atoms with E-state index in [9.17, 15) is 19.1 Å². The van der Waals surface area contributed by atoms with E-state index in [0.29, 0.717) is 42.9 Å². The highest BCUT2D eigenvalue weighted by atomic mass is 35.5. The quantitative estimate of drug-likeness (QED) is 0.585. The maximum Gasteiger partial charge on any atom is 0.255 e. The highest BCUT2D eigenvalue weighted by Gasteiger charge is 2.28. The zero-order chi connectivity index (χ0) is 23.8. The monoisotopic (exact) mass is 480 g/mol. The van der Waals surface area contributed by atoms with Gasteiger partial charge in [0.05, 0.1) is 46.6 Å². The highest BCUT2D eigenvalue weighted by Crippen LogP contribution is 2.31. The molecule has 0 spiro atoms. The average Bonchev–Trinajstić information content (AvgIpc) is 3.41. The Bertz CT molecular complexity index is 1260. The average molecular weight is 481 g/mol. The Morgan fingerprint density at radius 1 is 1.15 bits per heavy atom. The molecule has 1 fully saturated rings. The largest absolute Gasteiger partial charge is 0.391 e. The molecule has 0 aliphatic carbocycles. The number of benzene rings is 2. The predicted octanol–water partition coefficient (Wildman–Crippen LogP) is 2.91. The number of fused-ring (bicyclic) bond motifs is 1. The number of carbonyl (C=O) groups is 2. The molecule has 3 aromatic rings. The van der Waals surface area contributed by atoms with Gasteiger partial charge < -0.3 is 15.3 Å². The summed E-state index contributed by atoms with van der Waals surface area (Å²) >= 11 is 6.22. The van der Waals surface area contributed by atoms with Crippen molar-refractivity contribution in [3.05, 3.63) is 81.4 Å². The number of aliphatic hydroxyl groups excluding tert-OH is 1. The second kappa shape index (κ2) is 9.12. The summed E-state index contributed by atoms with van der Waals surface area (Å²) in [6.45, 7) is 1.20. The molecule has 2 aromatic carbocycles. The van der Waals surface area contributed by atoms with Crippen LogP contribution in [0.2, 0.25) is 5.02 Å². The molecule has 0 unspecified atom stereocenters. The fraction of sp³-hybridized carbons (Fsp3) is 0.280. The lowest BCUT2D eigenvalue weighted by Gasteiger charge is -2.15. The van der Waals surface area contributed by atoms with E-state index in [0.717, 1.165) is 11.1 Å². The molecule has 2 aliphatic rings. The smallest absolute Gasteiger partial charge is 0.255 e. The molecule has 34 heavy (non-hydrogen) atoms. The van der Waals surface area contributed by atoms with E-state index in [1.165, 1.54) is 12.1 Å². The lowest BCUT2D eigenvalue weighted by Crippen LogP contribution is -2.30. The normalized spacial score (nSPS) is 17.1. The number of amides is 2. The van der Waals surface area contributed by atoms with Crippen LogP contribution in [0.5, 0.6) is 0 Å². The first-order valence-electron chi connectivity index (χ1n) is 11.0. The van der Waals surface area contributed by atoms with Crippen LogP contribution in [-0.2, 0) is 24.2 Å². The lowest BCUT2D eigenvalue weighted by molar-refractivity contribution is -0.129. The third kappa shape index (κ3) is 4.38. The number of rotatable bonds is 5. The Labute approximate surface area is 200 Å². The van der Waals surface area contributed by atoms with Gasteiger partial charge in [-0.2, -0.15) is 0 Å². The van der Waals surface area contributed by atoms with Crippen LogP contribution in [0.15, 0.2) is 42.5 Å². The molecule has 5 rings (SSSR count). The first-order valence-corrected chi connectivity index (χ1v) is 11.4. The van der Waals surface area contributed by atoms with Crippen molar-refractivity contribution < 1.29 is 19.1 Å². The molecule has 2 N–H and O–H groups in total. The lowest BCUT2D eigenvalue weighted by atomic mass is 10.0. The van der Waals surface area contributed by atoms with Crippen molar-refractivity contribution in [2.75, 3.05) is 13.1 Å². The maximum atomic E-state index is 14.5. The van der Waals surface area contributed by atoms with Crippen LogP contribution in [0.4, 0.5) is 4.39 Å². The molecule has 0 bridgehead atoms. The van der Waals surface area contributed by atoms with Gasteiger partial charge in [0.1, 0.15) is 5.82 Å². The number of aliphatic hydroxyl groups is 1. The number of likely N-dealkylation sites (tertiary alicyclic amines) is 1. The van der Waals surface area contributed by atoms with Crippen LogP contribution in [0.3, 0.4) is 0 Å². The predicted molar refractivity (Wildman–Crippen MR) is 124 cm³/mol. The van der Waals surface area contributed by atoms with Crippen molar-refractivity contribution in [3.63, 3.8) is 0 Å². The van der Waals surface area contributed by atoms with Crippen molar-refractivity contribution in [2.45, 2.75) is 31.9 Å². The molecule has 174 valence electrons. The minimum absolute atomic E-state index is 0.0130. The summed E-state index contributed by atoms with van der Waals surface area (Å²) in [5.41, 5.74) is 3.26. The number of hydrogen-bond acceptors (Lipinski definition) is 5. The summed E-state index contributed by atoms with van der Waals surface area (Å²) < 4.78 is 14.5. The molecular formula is C25H22ClFN4O3. The molecule has 0 radical (unpaired) electrons. The van der Waals surface area contributed by atoms with Crippen LogP contribution < -0.4 is 5.32 Å². The van der Waals surface area contributed by atoms with Gasteiger partial charge in [0.2, 0.25) is 5.91 Å². The summed E-state index contributed by atoms with van der Waals surface area (Å²) in [7, 11) is 0. The number of aromatic nitrogens is 2. The van der Waals surface area contributed by atoms with Crippen molar-refractivity contribution >= 4 is 23.4 Å². The van der Waals surface area contributed by atoms with E-state index in [1.54, 1.807) is 11.0 Å². The Kier molecular flexibility index (Phi) is 6.02. The van der Waals surface area contributed by atoms with Gasteiger partial charge in [-0.25, -0.2) is 14.4 Å². The van der Waals surface area contributed by atoms with Crippen LogP contribution in [0.1, 0.15) is 39.3 Å². The summed E-state index contributed by atoms with van der Waals surface area (Å²) in [5.74, 6) is -0.661. The van der Waals surface area contributed by atoms with Gasteiger partial charge in [0.25, 0.3) is 5.91 Å². The third-order valence-electron chi connectivity index (χ3n) is 6.15. The van der Waals surface area contributed by atoms with Gasteiger partial charge in [-0.05, 0) is 29.7 Å². The zero-order valence-corrected chi connectivity index (χ0v) is 19.0. The van der Waals surface area contributed by atoms with Gasteiger partial charge >= 0.3 is 0 Å². The van der Waals surface area contributed by atoms with Crippen molar-refractivity contribution in [1.82, 2.24) is 20.2 Å². The summed E-state index contributed by atoms with van der Waals surface area (Å²) in [6, 6.07) is 11.9. The second-order valence-corrected chi connectivity index (χ2v) is 8.95. The van der Waals surface area contributed by atoms with Gasteiger partial charge in [-0.1, -0.05) is 41.9 Å². The molecule has 1 saturated heterocycles. The van der Waals surface area contributed by atoms with E-state index in [-0.39, 0.29) is 41.2 Å². The Morgan fingerprint density at radius 3 is 2.62 bits per heavy atom. The standard InChI is InChI=1S/C25H22ClFN4O3/c26-17-2-1-3-18(27)22(17)24-29-19(23-20(30-24)12-28-25(23)34)10-14-4-6-15(7-5-14)11-21(33)31-9-8-16(32)13-31/h1-7,16,32H,8-13H2,(H,28,34)/t16-/m1/s1. The third-order valence-corrected chi connectivity index (χ3v) is 6.47. The van der Waals surface area contributed by atoms with E-state index in [1.807, 2.05) is 24.3 Å². The van der Waals surface area contributed by atoms with E-state index in [4.69, 9.17) is 11.6 Å².